The molecule has 2 aromatic heterocycles. The van der Waals surface area contributed by atoms with Crippen molar-refractivity contribution < 1.29 is 9.53 Å². The highest BCUT2D eigenvalue weighted by Gasteiger charge is 2.12. The quantitative estimate of drug-likeness (QED) is 0.818. The fraction of sp³-hybridized carbons (Fsp3) is 0.357. The lowest BCUT2D eigenvalue weighted by Crippen LogP contribution is -2.32. The molecule has 6 nitrogen and oxygen atoms in total. The Balaban J connectivity index is 2.22. The molecule has 0 aromatic carbocycles. The number of pyridine rings is 1. The highest BCUT2D eigenvalue weighted by atomic mass is 16.5. The van der Waals surface area contributed by atoms with Crippen LogP contribution in [0, 0.1) is 6.92 Å². The Kier molecular flexibility index (Phi) is 4.47. The van der Waals surface area contributed by atoms with Crippen LogP contribution in [0.15, 0.2) is 29.3 Å². The van der Waals surface area contributed by atoms with Crippen LogP contribution in [0.2, 0.25) is 0 Å². The Labute approximate surface area is 116 Å². The zero-order valence-corrected chi connectivity index (χ0v) is 11.5. The third-order valence-corrected chi connectivity index (χ3v) is 2.92. The van der Waals surface area contributed by atoms with Crippen molar-refractivity contribution in [2.45, 2.75) is 13.3 Å². The molecule has 2 aromatic rings. The van der Waals surface area contributed by atoms with Crippen LogP contribution in [0.25, 0.3) is 5.65 Å². The first-order valence-corrected chi connectivity index (χ1v) is 6.38. The van der Waals surface area contributed by atoms with Crippen molar-refractivity contribution in [3.05, 3.63) is 46.0 Å². The van der Waals surface area contributed by atoms with Crippen molar-refractivity contribution in [1.82, 2.24) is 14.7 Å². The number of nitrogens with zero attached hydrogens (tertiary/aromatic N) is 2. The number of fused-ring (bicyclic) bond motifs is 1. The Bertz CT molecular complexity index is 679. The van der Waals surface area contributed by atoms with Crippen molar-refractivity contribution in [2.75, 3.05) is 20.3 Å². The second kappa shape index (κ2) is 6.29. The average Bonchev–Trinajstić information content (AvgIpc) is 2.43. The van der Waals surface area contributed by atoms with Crippen LogP contribution in [-0.2, 0) is 4.74 Å². The summed E-state index contributed by atoms with van der Waals surface area (Å²) in [6.07, 6.45) is 3.65. The lowest BCUT2D eigenvalue weighted by atomic mass is 10.2. The van der Waals surface area contributed by atoms with E-state index in [1.165, 1.54) is 10.6 Å². The SMILES string of the molecule is COCCCNC(=O)c1cnc2cc(C)ccn2c1=O. The third kappa shape index (κ3) is 3.03. The van der Waals surface area contributed by atoms with E-state index < -0.39 is 5.91 Å². The van der Waals surface area contributed by atoms with Gasteiger partial charge in [0.2, 0.25) is 0 Å². The number of methoxy groups -OCH3 is 1. The zero-order chi connectivity index (χ0) is 14.5. The number of carbonyl (C=O) groups is 1. The summed E-state index contributed by atoms with van der Waals surface area (Å²) in [5, 5.41) is 2.68. The topological polar surface area (TPSA) is 72.7 Å². The molecule has 0 atom stereocenters. The lowest BCUT2D eigenvalue weighted by Gasteiger charge is -2.06. The molecule has 2 rings (SSSR count). The van der Waals surface area contributed by atoms with Crippen LogP contribution in [0.5, 0.6) is 0 Å². The van der Waals surface area contributed by atoms with Gasteiger partial charge in [-0.05, 0) is 31.0 Å². The molecule has 1 amide bonds. The summed E-state index contributed by atoms with van der Waals surface area (Å²) in [5.74, 6) is -0.409. The van der Waals surface area contributed by atoms with Gasteiger partial charge in [0.1, 0.15) is 11.2 Å². The van der Waals surface area contributed by atoms with Gasteiger partial charge in [-0.15, -0.1) is 0 Å². The second-order valence-corrected chi connectivity index (χ2v) is 4.51. The summed E-state index contributed by atoms with van der Waals surface area (Å²) in [6, 6.07) is 3.60. The molecule has 0 radical (unpaired) electrons. The Hall–Kier alpha value is -2.21. The number of aromatic nitrogens is 2. The van der Waals surface area contributed by atoms with Gasteiger partial charge in [-0.3, -0.25) is 14.0 Å². The summed E-state index contributed by atoms with van der Waals surface area (Å²) < 4.78 is 6.26. The van der Waals surface area contributed by atoms with E-state index >= 15 is 0 Å². The number of hydrogen-bond donors (Lipinski definition) is 1. The summed E-state index contributed by atoms with van der Waals surface area (Å²) >= 11 is 0. The number of aryl methyl sites for hydroxylation is 1. The predicted octanol–water partition coefficient (Wildman–Crippen LogP) is 0.769. The van der Waals surface area contributed by atoms with E-state index in [9.17, 15) is 9.59 Å². The summed E-state index contributed by atoms with van der Waals surface area (Å²) in [7, 11) is 1.60. The minimum Gasteiger partial charge on any atom is -0.385 e. The van der Waals surface area contributed by atoms with Gasteiger partial charge in [0.25, 0.3) is 11.5 Å². The minimum atomic E-state index is -0.409. The Morgan fingerprint density at radius 2 is 2.30 bits per heavy atom. The largest absolute Gasteiger partial charge is 0.385 e. The molecule has 0 saturated heterocycles. The van der Waals surface area contributed by atoms with E-state index in [1.807, 2.05) is 6.92 Å². The molecule has 6 heteroatoms. The van der Waals surface area contributed by atoms with Gasteiger partial charge in [0, 0.05) is 32.7 Å². The molecule has 20 heavy (non-hydrogen) atoms. The van der Waals surface area contributed by atoms with Gasteiger partial charge in [-0.2, -0.15) is 0 Å². The third-order valence-electron chi connectivity index (χ3n) is 2.92. The van der Waals surface area contributed by atoms with Crippen LogP contribution < -0.4 is 10.9 Å². The smallest absolute Gasteiger partial charge is 0.270 e. The Morgan fingerprint density at radius 3 is 3.05 bits per heavy atom. The maximum atomic E-state index is 12.2. The molecule has 0 bridgehead atoms. The first-order valence-electron chi connectivity index (χ1n) is 6.38. The first kappa shape index (κ1) is 14.2. The molecule has 0 saturated carbocycles. The van der Waals surface area contributed by atoms with E-state index in [4.69, 9.17) is 4.74 Å². The molecular weight excluding hydrogens is 258 g/mol. The van der Waals surface area contributed by atoms with Gasteiger partial charge in [0.15, 0.2) is 0 Å². The van der Waals surface area contributed by atoms with Crippen molar-refractivity contribution in [1.29, 1.82) is 0 Å². The van der Waals surface area contributed by atoms with E-state index in [0.29, 0.717) is 25.2 Å². The second-order valence-electron chi connectivity index (χ2n) is 4.51. The van der Waals surface area contributed by atoms with E-state index in [-0.39, 0.29) is 11.1 Å². The minimum absolute atomic E-state index is 0.0452. The van der Waals surface area contributed by atoms with E-state index in [2.05, 4.69) is 10.3 Å². The molecule has 2 heterocycles. The van der Waals surface area contributed by atoms with Crippen LogP contribution in [0.1, 0.15) is 22.3 Å². The normalized spacial score (nSPS) is 10.7. The first-order chi connectivity index (χ1) is 9.63. The molecule has 0 aliphatic rings. The number of hydrogen-bond acceptors (Lipinski definition) is 4. The number of nitrogens with one attached hydrogen (secondary N) is 1. The fourth-order valence-corrected chi connectivity index (χ4v) is 1.85. The maximum absolute atomic E-state index is 12.2. The highest BCUT2D eigenvalue weighted by Crippen LogP contribution is 2.02. The van der Waals surface area contributed by atoms with Crippen LogP contribution >= 0.6 is 0 Å². The fourth-order valence-electron chi connectivity index (χ4n) is 1.85. The van der Waals surface area contributed by atoms with Gasteiger partial charge >= 0.3 is 0 Å². The van der Waals surface area contributed by atoms with Gasteiger partial charge < -0.3 is 10.1 Å². The molecule has 0 unspecified atom stereocenters. The molecule has 0 aliphatic carbocycles. The standard InChI is InChI=1S/C14H17N3O3/c1-10-4-6-17-12(8-10)16-9-11(14(17)19)13(18)15-5-3-7-20-2/h4,6,8-9H,3,5,7H2,1-2H3,(H,15,18). The molecule has 0 aliphatic heterocycles. The monoisotopic (exact) mass is 275 g/mol. The van der Waals surface area contributed by atoms with Crippen LogP contribution in [-0.4, -0.2) is 35.6 Å². The van der Waals surface area contributed by atoms with Gasteiger partial charge in [0.05, 0.1) is 0 Å². The molecule has 106 valence electrons. The number of ether oxygens (including phenoxy) is 1. The van der Waals surface area contributed by atoms with E-state index in [1.54, 1.807) is 25.4 Å². The van der Waals surface area contributed by atoms with Crippen molar-refractivity contribution in [3.63, 3.8) is 0 Å². The summed E-state index contributed by atoms with van der Waals surface area (Å²) in [5.41, 5.74) is 1.22. The molecular formula is C14H17N3O3. The summed E-state index contributed by atoms with van der Waals surface area (Å²) in [4.78, 5) is 28.3. The van der Waals surface area contributed by atoms with Crippen molar-refractivity contribution >= 4 is 11.6 Å². The zero-order valence-electron chi connectivity index (χ0n) is 11.5. The molecule has 0 spiro atoms. The Morgan fingerprint density at radius 1 is 1.50 bits per heavy atom. The van der Waals surface area contributed by atoms with Crippen molar-refractivity contribution in [3.8, 4) is 0 Å². The number of rotatable bonds is 5. The highest BCUT2D eigenvalue weighted by molar-refractivity contribution is 5.93. The number of amides is 1. The van der Waals surface area contributed by atoms with Crippen molar-refractivity contribution in [2.24, 2.45) is 0 Å². The average molecular weight is 275 g/mol. The lowest BCUT2D eigenvalue weighted by molar-refractivity contribution is 0.0946. The van der Waals surface area contributed by atoms with Gasteiger partial charge in [-0.1, -0.05) is 0 Å². The van der Waals surface area contributed by atoms with E-state index in [0.717, 1.165) is 5.56 Å². The van der Waals surface area contributed by atoms with Crippen LogP contribution in [0.3, 0.4) is 0 Å². The van der Waals surface area contributed by atoms with Gasteiger partial charge in [-0.25, -0.2) is 4.98 Å². The molecule has 0 fully saturated rings. The predicted molar refractivity (Wildman–Crippen MR) is 75.0 cm³/mol. The molecule has 1 N–H and O–H groups in total. The maximum Gasteiger partial charge on any atom is 0.270 e. The number of carbonyl (C=O) groups excluding carboxylic acids is 1. The summed E-state index contributed by atoms with van der Waals surface area (Å²) in [6.45, 7) is 2.94. The van der Waals surface area contributed by atoms with Crippen LogP contribution in [0.4, 0.5) is 0 Å².